The van der Waals surface area contributed by atoms with Crippen LogP contribution in [0.25, 0.3) is 0 Å². The van der Waals surface area contributed by atoms with Crippen molar-refractivity contribution in [3.8, 4) is 0 Å². The molecule has 2 aliphatic rings. The molecule has 0 radical (unpaired) electrons. The highest BCUT2D eigenvalue weighted by Crippen LogP contribution is 2.27. The summed E-state index contributed by atoms with van der Waals surface area (Å²) in [5.74, 6) is 1.94. The Morgan fingerprint density at radius 2 is 1.67 bits per heavy atom. The molecule has 2 rings (SSSR count). The van der Waals surface area contributed by atoms with E-state index in [4.69, 9.17) is 0 Å². The Labute approximate surface area is 94.2 Å². The van der Waals surface area contributed by atoms with Gasteiger partial charge in [0.1, 0.15) is 0 Å². The number of nitrogens with one attached hydrogen (secondary N) is 2. The van der Waals surface area contributed by atoms with Gasteiger partial charge in [0.05, 0.1) is 0 Å². The van der Waals surface area contributed by atoms with E-state index in [1.165, 1.54) is 45.1 Å². The summed E-state index contributed by atoms with van der Waals surface area (Å²) in [5, 5.41) is 7.13. The van der Waals surface area contributed by atoms with Crippen molar-refractivity contribution < 1.29 is 0 Å². The maximum absolute atomic E-state index is 3.59. The van der Waals surface area contributed by atoms with E-state index >= 15 is 0 Å². The molecule has 2 nitrogen and oxygen atoms in total. The third-order valence-corrected chi connectivity index (χ3v) is 3.88. The minimum atomic E-state index is 0.863. The van der Waals surface area contributed by atoms with Gasteiger partial charge in [-0.1, -0.05) is 19.8 Å². The first-order valence-corrected chi connectivity index (χ1v) is 6.78. The SMILES string of the molecule is CC1CCC(CNCCNC2CC2)CC1. The van der Waals surface area contributed by atoms with Gasteiger partial charge in [-0.2, -0.15) is 0 Å². The second-order valence-corrected chi connectivity index (χ2v) is 5.56. The fourth-order valence-electron chi connectivity index (χ4n) is 2.49. The fraction of sp³-hybridized carbons (Fsp3) is 1.00. The average Bonchev–Trinajstić information content (AvgIpc) is 3.04. The van der Waals surface area contributed by atoms with Crippen LogP contribution in [0.1, 0.15) is 45.4 Å². The van der Waals surface area contributed by atoms with E-state index in [0.29, 0.717) is 0 Å². The molecular formula is C13H26N2. The Morgan fingerprint density at radius 3 is 2.33 bits per heavy atom. The van der Waals surface area contributed by atoms with Gasteiger partial charge in [-0.05, 0) is 44.1 Å². The van der Waals surface area contributed by atoms with E-state index in [2.05, 4.69) is 17.6 Å². The fourth-order valence-corrected chi connectivity index (χ4v) is 2.49. The van der Waals surface area contributed by atoms with Gasteiger partial charge >= 0.3 is 0 Å². The number of hydrogen-bond acceptors (Lipinski definition) is 2. The summed E-state index contributed by atoms with van der Waals surface area (Å²) < 4.78 is 0. The van der Waals surface area contributed by atoms with Crippen LogP contribution in [-0.4, -0.2) is 25.7 Å². The summed E-state index contributed by atoms with van der Waals surface area (Å²) in [6.45, 7) is 5.96. The standard InChI is InChI=1S/C13H26N2/c1-11-2-4-12(5-3-11)10-14-8-9-15-13-6-7-13/h11-15H,2-10H2,1H3. The van der Waals surface area contributed by atoms with Crippen molar-refractivity contribution in [1.29, 1.82) is 0 Å². The molecule has 0 saturated heterocycles. The van der Waals surface area contributed by atoms with Crippen LogP contribution in [0.3, 0.4) is 0 Å². The molecule has 0 unspecified atom stereocenters. The summed E-state index contributed by atoms with van der Waals surface area (Å²) in [5.41, 5.74) is 0. The average molecular weight is 210 g/mol. The molecule has 2 saturated carbocycles. The van der Waals surface area contributed by atoms with Gasteiger partial charge in [-0.3, -0.25) is 0 Å². The number of hydrogen-bond donors (Lipinski definition) is 2. The zero-order valence-electron chi connectivity index (χ0n) is 10.1. The Morgan fingerprint density at radius 1 is 0.933 bits per heavy atom. The molecule has 0 amide bonds. The van der Waals surface area contributed by atoms with Gasteiger partial charge in [-0.15, -0.1) is 0 Å². The van der Waals surface area contributed by atoms with Gasteiger partial charge in [0.25, 0.3) is 0 Å². The van der Waals surface area contributed by atoms with E-state index in [1.807, 2.05) is 0 Å². The van der Waals surface area contributed by atoms with Crippen molar-refractivity contribution in [3.63, 3.8) is 0 Å². The van der Waals surface area contributed by atoms with E-state index in [0.717, 1.165) is 31.0 Å². The van der Waals surface area contributed by atoms with Crippen molar-refractivity contribution in [1.82, 2.24) is 10.6 Å². The first kappa shape index (κ1) is 11.4. The minimum absolute atomic E-state index is 0.863. The molecule has 2 heteroatoms. The molecule has 0 aromatic carbocycles. The monoisotopic (exact) mass is 210 g/mol. The largest absolute Gasteiger partial charge is 0.315 e. The topological polar surface area (TPSA) is 24.1 Å². The summed E-state index contributed by atoms with van der Waals surface area (Å²) in [6.07, 6.45) is 8.61. The first-order valence-electron chi connectivity index (χ1n) is 6.78. The highest BCUT2D eigenvalue weighted by atomic mass is 15.0. The summed E-state index contributed by atoms with van der Waals surface area (Å²) in [7, 11) is 0. The number of rotatable bonds is 6. The van der Waals surface area contributed by atoms with Crippen LogP contribution in [0.5, 0.6) is 0 Å². The molecule has 0 bridgehead atoms. The van der Waals surface area contributed by atoms with Crippen LogP contribution in [0, 0.1) is 11.8 Å². The lowest BCUT2D eigenvalue weighted by atomic mass is 9.83. The van der Waals surface area contributed by atoms with Crippen molar-refractivity contribution in [3.05, 3.63) is 0 Å². The van der Waals surface area contributed by atoms with Crippen molar-refractivity contribution >= 4 is 0 Å². The Kier molecular flexibility index (Phi) is 4.45. The second kappa shape index (κ2) is 5.86. The van der Waals surface area contributed by atoms with E-state index in [1.54, 1.807) is 0 Å². The summed E-state index contributed by atoms with van der Waals surface area (Å²) in [4.78, 5) is 0. The van der Waals surface area contributed by atoms with Crippen LogP contribution in [0.2, 0.25) is 0 Å². The van der Waals surface area contributed by atoms with Gasteiger partial charge in [0.15, 0.2) is 0 Å². The molecule has 2 N–H and O–H groups in total. The van der Waals surface area contributed by atoms with E-state index in [9.17, 15) is 0 Å². The molecule has 15 heavy (non-hydrogen) atoms. The third-order valence-electron chi connectivity index (χ3n) is 3.88. The van der Waals surface area contributed by atoms with Gasteiger partial charge in [0, 0.05) is 19.1 Å². The van der Waals surface area contributed by atoms with Gasteiger partial charge in [-0.25, -0.2) is 0 Å². The van der Waals surface area contributed by atoms with Crippen molar-refractivity contribution in [2.45, 2.75) is 51.5 Å². The normalized spacial score (nSPS) is 31.8. The quantitative estimate of drug-likeness (QED) is 0.656. The van der Waals surface area contributed by atoms with Crippen LogP contribution < -0.4 is 10.6 Å². The van der Waals surface area contributed by atoms with Gasteiger partial charge < -0.3 is 10.6 Å². The highest BCUT2D eigenvalue weighted by Gasteiger charge is 2.20. The van der Waals surface area contributed by atoms with E-state index in [-0.39, 0.29) is 0 Å². The lowest BCUT2D eigenvalue weighted by Crippen LogP contribution is -2.32. The van der Waals surface area contributed by atoms with Crippen LogP contribution >= 0.6 is 0 Å². The molecule has 0 aliphatic heterocycles. The Bertz CT molecular complexity index is 169. The van der Waals surface area contributed by atoms with Crippen LogP contribution in [0.15, 0.2) is 0 Å². The third kappa shape index (κ3) is 4.52. The van der Waals surface area contributed by atoms with Crippen molar-refractivity contribution in [2.75, 3.05) is 19.6 Å². The van der Waals surface area contributed by atoms with Crippen molar-refractivity contribution in [2.24, 2.45) is 11.8 Å². The smallest absolute Gasteiger partial charge is 0.00793 e. The Hall–Kier alpha value is -0.0800. The lowest BCUT2D eigenvalue weighted by Gasteiger charge is -2.26. The second-order valence-electron chi connectivity index (χ2n) is 5.56. The van der Waals surface area contributed by atoms with Crippen LogP contribution in [0.4, 0.5) is 0 Å². The molecule has 0 spiro atoms. The minimum Gasteiger partial charge on any atom is -0.315 e. The molecule has 2 fully saturated rings. The predicted molar refractivity (Wildman–Crippen MR) is 65.0 cm³/mol. The summed E-state index contributed by atoms with van der Waals surface area (Å²) >= 11 is 0. The maximum Gasteiger partial charge on any atom is 0.00793 e. The lowest BCUT2D eigenvalue weighted by molar-refractivity contribution is 0.282. The van der Waals surface area contributed by atoms with Gasteiger partial charge in [0.2, 0.25) is 0 Å². The van der Waals surface area contributed by atoms with Crippen LogP contribution in [-0.2, 0) is 0 Å². The first-order chi connectivity index (χ1) is 7.34. The zero-order valence-corrected chi connectivity index (χ0v) is 10.1. The molecule has 88 valence electrons. The predicted octanol–water partition coefficient (Wildman–Crippen LogP) is 2.15. The van der Waals surface area contributed by atoms with E-state index < -0.39 is 0 Å². The molecule has 0 heterocycles. The molecule has 0 aromatic heterocycles. The molecule has 0 atom stereocenters. The Balaban J connectivity index is 1.43. The molecular weight excluding hydrogens is 184 g/mol. The highest BCUT2D eigenvalue weighted by molar-refractivity contribution is 4.81. The maximum atomic E-state index is 3.59. The zero-order chi connectivity index (χ0) is 10.5. The molecule has 2 aliphatic carbocycles. The molecule has 0 aromatic rings. The summed E-state index contributed by atoms with van der Waals surface area (Å²) in [6, 6.07) is 0.863.